The van der Waals surface area contributed by atoms with Crippen LogP contribution < -0.4 is 16.0 Å². The van der Waals surface area contributed by atoms with E-state index in [9.17, 15) is 0 Å². The molecule has 3 N–H and O–H groups in total. The second-order valence-electron chi connectivity index (χ2n) is 2.88. The third kappa shape index (κ3) is 1.98. The van der Waals surface area contributed by atoms with E-state index in [-0.39, 0.29) is 6.04 Å². The van der Waals surface area contributed by atoms with Crippen molar-refractivity contribution in [2.45, 2.75) is 6.04 Å². The van der Waals surface area contributed by atoms with Gasteiger partial charge in [-0.15, -0.1) is 0 Å². The number of aromatic nitrogens is 4. The number of hydrazine groups is 1. The van der Waals surface area contributed by atoms with E-state index in [4.69, 9.17) is 10.6 Å². The molecule has 0 saturated carbocycles. The van der Waals surface area contributed by atoms with Gasteiger partial charge >= 0.3 is 0 Å². The minimum absolute atomic E-state index is 0.373. The monoisotopic (exact) mass is 238 g/mol. The van der Waals surface area contributed by atoms with Crippen molar-refractivity contribution in [2.24, 2.45) is 5.84 Å². The SMILES string of the molecule is COc1nccnc1C(NN)c1cnsn1. The Morgan fingerprint density at radius 2 is 2.25 bits per heavy atom. The Balaban J connectivity index is 2.41. The normalized spacial score (nSPS) is 12.4. The van der Waals surface area contributed by atoms with Gasteiger partial charge in [0.2, 0.25) is 5.88 Å². The molecule has 84 valence electrons. The summed E-state index contributed by atoms with van der Waals surface area (Å²) in [6.07, 6.45) is 4.75. The first-order chi connectivity index (χ1) is 7.86. The lowest BCUT2D eigenvalue weighted by molar-refractivity contribution is 0.382. The number of rotatable bonds is 4. The van der Waals surface area contributed by atoms with Gasteiger partial charge < -0.3 is 4.74 Å². The first kappa shape index (κ1) is 10.9. The highest BCUT2D eigenvalue weighted by Gasteiger charge is 2.21. The van der Waals surface area contributed by atoms with E-state index in [1.165, 1.54) is 7.11 Å². The molecule has 8 heteroatoms. The van der Waals surface area contributed by atoms with E-state index in [2.05, 4.69) is 24.1 Å². The van der Waals surface area contributed by atoms with Crippen LogP contribution in [-0.2, 0) is 0 Å². The van der Waals surface area contributed by atoms with E-state index in [1.807, 2.05) is 0 Å². The molecule has 2 heterocycles. The van der Waals surface area contributed by atoms with Gasteiger partial charge in [-0.25, -0.2) is 10.4 Å². The Kier molecular flexibility index (Phi) is 3.34. The maximum absolute atomic E-state index is 5.48. The molecule has 0 saturated heterocycles. The maximum atomic E-state index is 5.48. The molecule has 0 amide bonds. The van der Waals surface area contributed by atoms with Gasteiger partial charge in [0.05, 0.1) is 30.7 Å². The molecule has 0 aliphatic heterocycles. The summed E-state index contributed by atoms with van der Waals surface area (Å²) in [4.78, 5) is 8.23. The van der Waals surface area contributed by atoms with Crippen molar-refractivity contribution in [3.63, 3.8) is 0 Å². The van der Waals surface area contributed by atoms with Crippen LogP contribution >= 0.6 is 11.7 Å². The molecule has 0 fully saturated rings. The average molecular weight is 238 g/mol. The summed E-state index contributed by atoms with van der Waals surface area (Å²) in [5, 5.41) is 0. The van der Waals surface area contributed by atoms with Crippen LogP contribution in [0.3, 0.4) is 0 Å². The molecule has 0 spiro atoms. The van der Waals surface area contributed by atoms with Crippen LogP contribution in [0.25, 0.3) is 0 Å². The van der Waals surface area contributed by atoms with Crippen LogP contribution in [0, 0.1) is 0 Å². The van der Waals surface area contributed by atoms with Gasteiger partial charge in [-0.3, -0.25) is 10.8 Å². The van der Waals surface area contributed by atoms with Crippen LogP contribution in [-0.4, -0.2) is 25.8 Å². The topological polar surface area (TPSA) is 98.8 Å². The van der Waals surface area contributed by atoms with Crippen LogP contribution in [0.2, 0.25) is 0 Å². The van der Waals surface area contributed by atoms with Crippen molar-refractivity contribution in [3.05, 3.63) is 30.0 Å². The van der Waals surface area contributed by atoms with E-state index in [1.54, 1.807) is 18.6 Å². The summed E-state index contributed by atoms with van der Waals surface area (Å²) in [5.41, 5.74) is 3.89. The largest absolute Gasteiger partial charge is 0.480 e. The van der Waals surface area contributed by atoms with Gasteiger partial charge in [-0.2, -0.15) is 8.75 Å². The zero-order valence-corrected chi connectivity index (χ0v) is 9.31. The van der Waals surface area contributed by atoms with Gasteiger partial charge in [0.15, 0.2) is 0 Å². The average Bonchev–Trinajstić information content (AvgIpc) is 2.84. The number of hydrogen-bond donors (Lipinski definition) is 2. The van der Waals surface area contributed by atoms with Crippen molar-refractivity contribution in [2.75, 3.05) is 7.11 Å². The van der Waals surface area contributed by atoms with E-state index in [0.29, 0.717) is 17.3 Å². The molecule has 0 aromatic carbocycles. The minimum atomic E-state index is -0.373. The van der Waals surface area contributed by atoms with E-state index in [0.717, 1.165) is 11.7 Å². The second kappa shape index (κ2) is 4.92. The Hall–Kier alpha value is -1.64. The van der Waals surface area contributed by atoms with Crippen LogP contribution in [0.5, 0.6) is 5.88 Å². The molecule has 16 heavy (non-hydrogen) atoms. The van der Waals surface area contributed by atoms with E-state index < -0.39 is 0 Å². The fraction of sp³-hybridized carbons (Fsp3) is 0.250. The van der Waals surface area contributed by atoms with Gasteiger partial charge in [-0.05, 0) is 0 Å². The molecule has 0 bridgehead atoms. The van der Waals surface area contributed by atoms with Crippen molar-refractivity contribution in [1.82, 2.24) is 24.1 Å². The first-order valence-corrected chi connectivity index (χ1v) is 5.18. The predicted octanol–water partition coefficient (Wildman–Crippen LogP) is -0.111. The summed E-state index contributed by atoms with van der Waals surface area (Å²) in [6.45, 7) is 0. The lowest BCUT2D eigenvalue weighted by Gasteiger charge is -2.14. The zero-order chi connectivity index (χ0) is 11.4. The quantitative estimate of drug-likeness (QED) is 0.566. The highest BCUT2D eigenvalue weighted by molar-refractivity contribution is 6.99. The predicted molar refractivity (Wildman–Crippen MR) is 57.7 cm³/mol. The third-order valence-corrected chi connectivity index (χ3v) is 2.49. The molecule has 2 rings (SSSR count). The molecule has 7 nitrogen and oxygen atoms in total. The Morgan fingerprint density at radius 3 is 2.88 bits per heavy atom. The van der Waals surface area contributed by atoms with Crippen molar-refractivity contribution >= 4 is 11.7 Å². The zero-order valence-electron chi connectivity index (χ0n) is 8.49. The molecule has 1 unspecified atom stereocenters. The number of nitrogens with two attached hydrogens (primary N) is 1. The Labute approximate surface area is 96.0 Å². The highest BCUT2D eigenvalue weighted by Crippen LogP contribution is 2.24. The van der Waals surface area contributed by atoms with Gasteiger partial charge in [-0.1, -0.05) is 0 Å². The van der Waals surface area contributed by atoms with Crippen LogP contribution in [0.15, 0.2) is 18.6 Å². The van der Waals surface area contributed by atoms with Gasteiger partial charge in [0.25, 0.3) is 0 Å². The second-order valence-corrected chi connectivity index (χ2v) is 3.44. The standard InChI is InChI=1S/C8H10N6OS/c1-15-8-7(10-2-3-11-8)6(13-9)5-4-12-16-14-5/h2-4,6,13H,9H2,1H3. The summed E-state index contributed by atoms with van der Waals surface area (Å²) >= 11 is 1.11. The summed E-state index contributed by atoms with van der Waals surface area (Å²) in [6, 6.07) is -0.373. The smallest absolute Gasteiger partial charge is 0.237 e. The summed E-state index contributed by atoms with van der Waals surface area (Å²) in [7, 11) is 1.53. The summed E-state index contributed by atoms with van der Waals surface area (Å²) in [5.74, 6) is 5.90. The lowest BCUT2D eigenvalue weighted by Crippen LogP contribution is -2.30. The fourth-order valence-corrected chi connectivity index (χ4v) is 1.74. The molecular weight excluding hydrogens is 228 g/mol. The minimum Gasteiger partial charge on any atom is -0.480 e. The summed E-state index contributed by atoms with van der Waals surface area (Å²) < 4.78 is 13.1. The number of nitrogens with zero attached hydrogens (tertiary/aromatic N) is 4. The maximum Gasteiger partial charge on any atom is 0.237 e. The molecule has 2 aromatic rings. The van der Waals surface area contributed by atoms with Crippen molar-refractivity contribution in [1.29, 1.82) is 0 Å². The van der Waals surface area contributed by atoms with Crippen LogP contribution in [0.4, 0.5) is 0 Å². The van der Waals surface area contributed by atoms with E-state index >= 15 is 0 Å². The van der Waals surface area contributed by atoms with Crippen molar-refractivity contribution < 1.29 is 4.74 Å². The Morgan fingerprint density at radius 1 is 1.44 bits per heavy atom. The number of ether oxygens (including phenoxy) is 1. The number of hydrogen-bond acceptors (Lipinski definition) is 8. The van der Waals surface area contributed by atoms with Gasteiger partial charge in [0, 0.05) is 12.4 Å². The number of methoxy groups -OCH3 is 1. The molecule has 2 aromatic heterocycles. The number of nitrogens with one attached hydrogen (secondary N) is 1. The molecule has 0 radical (unpaired) electrons. The molecule has 0 aliphatic rings. The molecule has 0 aliphatic carbocycles. The molecule has 1 atom stereocenters. The Bertz CT molecular complexity index is 448. The fourth-order valence-electron chi connectivity index (χ4n) is 1.29. The first-order valence-electron chi connectivity index (χ1n) is 4.45. The highest BCUT2D eigenvalue weighted by atomic mass is 32.1. The third-order valence-electron chi connectivity index (χ3n) is 2.00. The lowest BCUT2D eigenvalue weighted by atomic mass is 10.1. The van der Waals surface area contributed by atoms with Crippen LogP contribution in [0.1, 0.15) is 17.4 Å². The molecular formula is C8H10N6OS. The van der Waals surface area contributed by atoms with Gasteiger partial charge in [0.1, 0.15) is 11.7 Å². The van der Waals surface area contributed by atoms with Crippen molar-refractivity contribution in [3.8, 4) is 5.88 Å².